The number of thioether (sulfide) groups is 1. The number of ether oxygens (including phenoxy) is 1. The first-order valence-electron chi connectivity index (χ1n) is 4.93. The summed E-state index contributed by atoms with van der Waals surface area (Å²) in [6, 6.07) is 0. The van der Waals surface area contributed by atoms with Crippen molar-refractivity contribution in [2.45, 2.75) is 37.9 Å². The van der Waals surface area contributed by atoms with Gasteiger partial charge in [-0.25, -0.2) is 0 Å². The molecule has 0 saturated heterocycles. The van der Waals surface area contributed by atoms with Gasteiger partial charge in [0, 0.05) is 0 Å². The topological polar surface area (TPSA) is 26.3 Å². The molecule has 0 aromatic rings. The highest BCUT2D eigenvalue weighted by Crippen LogP contribution is 2.29. The second-order valence-electron chi connectivity index (χ2n) is 3.65. The zero-order valence-corrected chi connectivity index (χ0v) is 9.23. The quantitative estimate of drug-likeness (QED) is 0.655. The van der Waals surface area contributed by atoms with Crippen molar-refractivity contribution in [3.05, 3.63) is 0 Å². The Morgan fingerprint density at radius 3 is 2.69 bits per heavy atom. The lowest BCUT2D eigenvalue weighted by Crippen LogP contribution is -2.16. The zero-order valence-electron chi connectivity index (χ0n) is 8.41. The summed E-state index contributed by atoms with van der Waals surface area (Å²) in [6.45, 7) is 1.92. The first-order valence-corrected chi connectivity index (χ1v) is 5.98. The van der Waals surface area contributed by atoms with E-state index in [9.17, 15) is 4.79 Å². The maximum Gasteiger partial charge on any atom is 0.318 e. The van der Waals surface area contributed by atoms with Gasteiger partial charge in [-0.1, -0.05) is 12.8 Å². The van der Waals surface area contributed by atoms with Gasteiger partial charge in [0.2, 0.25) is 0 Å². The predicted molar refractivity (Wildman–Crippen MR) is 55.9 cm³/mol. The SMILES string of the molecule is COC(=O)C(C)SCC1CCCC1. The fourth-order valence-electron chi connectivity index (χ4n) is 1.69. The Kier molecular flexibility index (Phi) is 4.64. The van der Waals surface area contributed by atoms with E-state index in [1.54, 1.807) is 11.8 Å². The van der Waals surface area contributed by atoms with Crippen LogP contribution in [0.15, 0.2) is 0 Å². The highest BCUT2D eigenvalue weighted by atomic mass is 32.2. The van der Waals surface area contributed by atoms with Crippen molar-refractivity contribution in [3.8, 4) is 0 Å². The molecule has 0 radical (unpaired) electrons. The molecule has 0 N–H and O–H groups in total. The number of carbonyl (C=O) groups is 1. The van der Waals surface area contributed by atoms with Crippen LogP contribution in [0.1, 0.15) is 32.6 Å². The molecule has 1 unspecified atom stereocenters. The van der Waals surface area contributed by atoms with E-state index < -0.39 is 0 Å². The summed E-state index contributed by atoms with van der Waals surface area (Å²) in [5.74, 6) is 1.87. The van der Waals surface area contributed by atoms with Gasteiger partial charge < -0.3 is 4.74 Å². The van der Waals surface area contributed by atoms with Crippen LogP contribution in [0.4, 0.5) is 0 Å². The van der Waals surface area contributed by atoms with Gasteiger partial charge in [-0.3, -0.25) is 4.79 Å². The molecule has 1 aliphatic carbocycles. The van der Waals surface area contributed by atoms with E-state index in [1.165, 1.54) is 32.8 Å². The van der Waals surface area contributed by atoms with E-state index in [2.05, 4.69) is 4.74 Å². The van der Waals surface area contributed by atoms with Crippen LogP contribution in [0.2, 0.25) is 0 Å². The van der Waals surface area contributed by atoms with Gasteiger partial charge in [0.1, 0.15) is 0 Å². The van der Waals surface area contributed by atoms with Gasteiger partial charge in [-0.05, 0) is 31.4 Å². The Morgan fingerprint density at radius 2 is 2.15 bits per heavy atom. The Hall–Kier alpha value is -0.180. The molecule has 1 aliphatic rings. The monoisotopic (exact) mass is 202 g/mol. The number of hydrogen-bond donors (Lipinski definition) is 0. The molecule has 1 fully saturated rings. The minimum Gasteiger partial charge on any atom is -0.468 e. The minimum absolute atomic E-state index is 0.00519. The molecule has 0 amide bonds. The molecule has 0 heterocycles. The number of carbonyl (C=O) groups excluding carboxylic acids is 1. The summed E-state index contributed by atoms with van der Waals surface area (Å²) in [4.78, 5) is 11.1. The Bertz CT molecular complexity index is 164. The standard InChI is InChI=1S/C10H18O2S/c1-8(10(11)12-2)13-7-9-5-3-4-6-9/h8-9H,3-7H2,1-2H3. The maximum absolute atomic E-state index is 11.1. The van der Waals surface area contributed by atoms with Crippen LogP contribution in [0.3, 0.4) is 0 Å². The third kappa shape index (κ3) is 3.59. The molecule has 2 nitrogen and oxygen atoms in total. The van der Waals surface area contributed by atoms with E-state index in [0.29, 0.717) is 0 Å². The first-order chi connectivity index (χ1) is 6.24. The van der Waals surface area contributed by atoms with Crippen LogP contribution in [0.25, 0.3) is 0 Å². The summed E-state index contributed by atoms with van der Waals surface area (Å²) in [6.07, 6.45) is 5.44. The van der Waals surface area contributed by atoms with Gasteiger partial charge in [-0.2, -0.15) is 0 Å². The van der Waals surface area contributed by atoms with Crippen LogP contribution < -0.4 is 0 Å². The molecule has 3 heteroatoms. The van der Waals surface area contributed by atoms with Crippen LogP contribution in [0.5, 0.6) is 0 Å². The van der Waals surface area contributed by atoms with E-state index in [1.807, 2.05) is 6.92 Å². The van der Waals surface area contributed by atoms with Gasteiger partial charge in [0.15, 0.2) is 0 Å². The molecule has 0 aromatic heterocycles. The summed E-state index contributed by atoms with van der Waals surface area (Å²) >= 11 is 1.73. The largest absolute Gasteiger partial charge is 0.468 e. The number of methoxy groups -OCH3 is 1. The van der Waals surface area contributed by atoms with Crippen LogP contribution >= 0.6 is 11.8 Å². The van der Waals surface area contributed by atoms with Gasteiger partial charge in [-0.15, -0.1) is 11.8 Å². The lowest BCUT2D eigenvalue weighted by molar-refractivity contribution is -0.139. The van der Waals surface area contributed by atoms with Crippen molar-refractivity contribution >= 4 is 17.7 Å². The van der Waals surface area contributed by atoms with Crippen molar-refractivity contribution in [2.24, 2.45) is 5.92 Å². The second kappa shape index (κ2) is 5.53. The van der Waals surface area contributed by atoms with Gasteiger partial charge in [0.25, 0.3) is 0 Å². The van der Waals surface area contributed by atoms with Crippen molar-refractivity contribution in [1.82, 2.24) is 0 Å². The summed E-state index contributed by atoms with van der Waals surface area (Å²) in [7, 11) is 1.45. The van der Waals surface area contributed by atoms with Crippen molar-refractivity contribution in [1.29, 1.82) is 0 Å². The second-order valence-corrected chi connectivity index (χ2v) is 5.02. The molecule has 1 saturated carbocycles. The Labute approximate surface area is 84.4 Å². The van der Waals surface area contributed by atoms with E-state index in [4.69, 9.17) is 0 Å². The highest BCUT2D eigenvalue weighted by Gasteiger charge is 2.19. The van der Waals surface area contributed by atoms with Crippen molar-refractivity contribution < 1.29 is 9.53 Å². The predicted octanol–water partition coefficient (Wildman–Crippen LogP) is 2.47. The first kappa shape index (κ1) is 10.9. The number of rotatable bonds is 4. The van der Waals surface area contributed by atoms with Crippen LogP contribution in [0, 0.1) is 5.92 Å². The Morgan fingerprint density at radius 1 is 1.54 bits per heavy atom. The third-order valence-corrected chi connectivity index (χ3v) is 3.95. The lowest BCUT2D eigenvalue weighted by atomic mass is 10.1. The number of hydrogen-bond acceptors (Lipinski definition) is 3. The van der Waals surface area contributed by atoms with Crippen LogP contribution in [-0.2, 0) is 9.53 Å². The maximum atomic E-state index is 11.1. The zero-order chi connectivity index (χ0) is 9.68. The summed E-state index contributed by atoms with van der Waals surface area (Å²) in [5.41, 5.74) is 0. The third-order valence-electron chi connectivity index (χ3n) is 2.59. The molecule has 0 aromatic carbocycles. The minimum atomic E-state index is -0.0944. The average molecular weight is 202 g/mol. The normalized spacial score (nSPS) is 20.2. The molecule has 13 heavy (non-hydrogen) atoms. The van der Waals surface area contributed by atoms with Gasteiger partial charge in [0.05, 0.1) is 12.4 Å². The van der Waals surface area contributed by atoms with E-state index >= 15 is 0 Å². The van der Waals surface area contributed by atoms with Crippen molar-refractivity contribution in [3.63, 3.8) is 0 Å². The molecule has 0 aliphatic heterocycles. The fourth-order valence-corrected chi connectivity index (χ4v) is 2.82. The Balaban J connectivity index is 2.13. The smallest absolute Gasteiger partial charge is 0.318 e. The van der Waals surface area contributed by atoms with Crippen LogP contribution in [-0.4, -0.2) is 24.1 Å². The molecule has 1 rings (SSSR count). The number of esters is 1. The fraction of sp³-hybridized carbons (Fsp3) is 0.900. The summed E-state index contributed by atoms with van der Waals surface area (Å²) in [5, 5.41) is 0.00519. The van der Waals surface area contributed by atoms with Crippen molar-refractivity contribution in [2.75, 3.05) is 12.9 Å². The molecule has 0 bridgehead atoms. The molecule has 1 atom stereocenters. The van der Waals surface area contributed by atoms with E-state index in [0.717, 1.165) is 11.7 Å². The average Bonchev–Trinajstić information content (AvgIpc) is 2.65. The van der Waals surface area contributed by atoms with E-state index in [-0.39, 0.29) is 11.2 Å². The molecular weight excluding hydrogens is 184 g/mol. The van der Waals surface area contributed by atoms with Gasteiger partial charge >= 0.3 is 5.97 Å². The highest BCUT2D eigenvalue weighted by molar-refractivity contribution is 8.00. The molecular formula is C10H18O2S. The summed E-state index contributed by atoms with van der Waals surface area (Å²) < 4.78 is 4.67. The molecule has 0 spiro atoms. The molecule has 76 valence electrons. The lowest BCUT2D eigenvalue weighted by Gasteiger charge is -2.12.